The molecule has 2 amide bonds. The molecule has 0 radical (unpaired) electrons. The number of likely N-dealkylation sites (tertiary alicyclic amines) is 1. The van der Waals surface area contributed by atoms with Gasteiger partial charge in [0.1, 0.15) is 18.5 Å². The van der Waals surface area contributed by atoms with Crippen molar-refractivity contribution >= 4 is 17.5 Å². The number of aliphatic hydroxyl groups excluding tert-OH is 1. The van der Waals surface area contributed by atoms with Crippen LogP contribution in [0.1, 0.15) is 52.1 Å². The van der Waals surface area contributed by atoms with Crippen LogP contribution in [0.5, 0.6) is 0 Å². The molecule has 0 bridgehead atoms. The first-order valence-corrected chi connectivity index (χ1v) is 13.2. The van der Waals surface area contributed by atoms with E-state index in [0.717, 1.165) is 48.2 Å². The van der Waals surface area contributed by atoms with E-state index in [1.807, 2.05) is 11.8 Å². The van der Waals surface area contributed by atoms with Crippen molar-refractivity contribution in [3.05, 3.63) is 46.0 Å². The highest BCUT2D eigenvalue weighted by atomic mass is 19.1. The van der Waals surface area contributed by atoms with Gasteiger partial charge in [-0.1, -0.05) is 0 Å². The predicted octanol–water partition coefficient (Wildman–Crippen LogP) is 2.41. The van der Waals surface area contributed by atoms with Crippen molar-refractivity contribution in [3.63, 3.8) is 0 Å². The molecule has 1 aromatic carbocycles. The van der Waals surface area contributed by atoms with Gasteiger partial charge in [0, 0.05) is 49.7 Å². The molecular formula is C27H35F2N5O3. The third-order valence-electron chi connectivity index (χ3n) is 8.20. The maximum atomic E-state index is 14.1. The summed E-state index contributed by atoms with van der Waals surface area (Å²) in [5.74, 6) is -0.582. The number of piperidine rings is 1. The van der Waals surface area contributed by atoms with E-state index >= 15 is 0 Å². The Labute approximate surface area is 215 Å². The highest BCUT2D eigenvalue weighted by Gasteiger charge is 2.34. The lowest BCUT2D eigenvalue weighted by Crippen LogP contribution is -2.50. The molecule has 0 spiro atoms. The van der Waals surface area contributed by atoms with Crippen LogP contribution >= 0.6 is 0 Å². The molecule has 1 aromatic heterocycles. The van der Waals surface area contributed by atoms with Crippen LogP contribution in [-0.2, 0) is 24.2 Å². The van der Waals surface area contributed by atoms with Crippen LogP contribution in [0.15, 0.2) is 12.1 Å². The standard InChI is InChI=1S/C27H35F2N5O3/c1-17-18(2)22(8-7-20(17)28)31-11-13-32(14-12-31)25(36)16-34-23-6-4-3-5-19(23)26(30-34)27(37)33-10-9-24(35)21(29)15-33/h7-8,21,24,35H,3-6,9-16H2,1-2H3/t21-,24-/m0/s1. The average Bonchev–Trinajstić information content (AvgIpc) is 3.27. The number of benzene rings is 1. The monoisotopic (exact) mass is 515 g/mol. The van der Waals surface area contributed by atoms with Gasteiger partial charge in [-0.25, -0.2) is 8.78 Å². The lowest BCUT2D eigenvalue weighted by molar-refractivity contribution is -0.132. The first-order valence-electron chi connectivity index (χ1n) is 13.2. The highest BCUT2D eigenvalue weighted by molar-refractivity contribution is 5.94. The van der Waals surface area contributed by atoms with Crippen LogP contribution in [0.25, 0.3) is 0 Å². The minimum atomic E-state index is -1.46. The molecule has 2 saturated heterocycles. The van der Waals surface area contributed by atoms with E-state index in [0.29, 0.717) is 37.4 Å². The van der Waals surface area contributed by atoms with Gasteiger partial charge in [0.2, 0.25) is 5.91 Å². The summed E-state index contributed by atoms with van der Waals surface area (Å²) in [6, 6.07) is 3.30. The maximum absolute atomic E-state index is 14.1. The Hall–Kier alpha value is -3.01. The van der Waals surface area contributed by atoms with Gasteiger partial charge in [0.25, 0.3) is 5.91 Å². The van der Waals surface area contributed by atoms with Crippen molar-refractivity contribution in [2.24, 2.45) is 0 Å². The molecule has 3 aliphatic rings. The van der Waals surface area contributed by atoms with Crippen molar-refractivity contribution in [2.45, 2.75) is 64.8 Å². The number of aromatic nitrogens is 2. The van der Waals surface area contributed by atoms with Crippen LogP contribution in [0.3, 0.4) is 0 Å². The number of rotatable bonds is 4. The molecule has 2 aliphatic heterocycles. The maximum Gasteiger partial charge on any atom is 0.274 e. The van der Waals surface area contributed by atoms with Crippen molar-refractivity contribution in [1.82, 2.24) is 19.6 Å². The van der Waals surface area contributed by atoms with E-state index in [1.54, 1.807) is 17.7 Å². The van der Waals surface area contributed by atoms with E-state index in [4.69, 9.17) is 0 Å². The molecule has 3 heterocycles. The molecular weight excluding hydrogens is 480 g/mol. The number of amides is 2. The van der Waals surface area contributed by atoms with Gasteiger partial charge in [0.15, 0.2) is 5.69 Å². The Kier molecular flexibility index (Phi) is 7.20. The Morgan fingerprint density at radius 2 is 1.76 bits per heavy atom. The third-order valence-corrected chi connectivity index (χ3v) is 8.20. The number of alkyl halides is 1. The van der Waals surface area contributed by atoms with Crippen LogP contribution < -0.4 is 4.90 Å². The summed E-state index contributed by atoms with van der Waals surface area (Å²) in [6.45, 7) is 6.33. The fourth-order valence-electron chi connectivity index (χ4n) is 5.74. The Morgan fingerprint density at radius 3 is 2.49 bits per heavy atom. The summed E-state index contributed by atoms with van der Waals surface area (Å²) in [6.07, 6.45) is 1.10. The second-order valence-electron chi connectivity index (χ2n) is 10.4. The van der Waals surface area contributed by atoms with Crippen molar-refractivity contribution in [3.8, 4) is 0 Å². The molecule has 1 N–H and O–H groups in total. The van der Waals surface area contributed by atoms with Crippen LogP contribution in [0.4, 0.5) is 14.5 Å². The fourth-order valence-corrected chi connectivity index (χ4v) is 5.74. The number of halogens is 2. The second-order valence-corrected chi connectivity index (χ2v) is 10.4. The molecule has 37 heavy (non-hydrogen) atoms. The zero-order valence-corrected chi connectivity index (χ0v) is 21.6. The van der Waals surface area contributed by atoms with Crippen LogP contribution in [0.2, 0.25) is 0 Å². The number of fused-ring (bicyclic) bond motifs is 1. The summed E-state index contributed by atoms with van der Waals surface area (Å²) < 4.78 is 29.6. The van der Waals surface area contributed by atoms with Gasteiger partial charge in [-0.05, 0) is 69.2 Å². The van der Waals surface area contributed by atoms with Gasteiger partial charge in [-0.3, -0.25) is 14.3 Å². The number of aliphatic hydroxyl groups is 1. The Balaban J connectivity index is 1.27. The molecule has 0 saturated carbocycles. The number of piperazine rings is 1. The Bertz CT molecular complexity index is 1190. The molecule has 10 heteroatoms. The first-order chi connectivity index (χ1) is 17.7. The number of hydrogen-bond donors (Lipinski definition) is 1. The van der Waals surface area contributed by atoms with E-state index < -0.39 is 12.3 Å². The fraction of sp³-hybridized carbons (Fsp3) is 0.593. The lowest BCUT2D eigenvalue weighted by atomic mass is 9.95. The lowest BCUT2D eigenvalue weighted by Gasteiger charge is -2.37. The molecule has 5 rings (SSSR count). The van der Waals surface area contributed by atoms with Gasteiger partial charge < -0.3 is 19.8 Å². The third kappa shape index (κ3) is 4.95. The summed E-state index contributed by atoms with van der Waals surface area (Å²) in [4.78, 5) is 31.9. The zero-order valence-electron chi connectivity index (χ0n) is 21.6. The van der Waals surface area contributed by atoms with Crippen LogP contribution in [-0.4, -0.2) is 88.0 Å². The number of nitrogens with zero attached hydrogens (tertiary/aromatic N) is 5. The molecule has 0 unspecified atom stereocenters. The van der Waals surface area contributed by atoms with E-state index in [1.165, 1.54) is 11.0 Å². The molecule has 200 valence electrons. The minimum Gasteiger partial charge on any atom is -0.390 e. The van der Waals surface area contributed by atoms with Gasteiger partial charge in [-0.2, -0.15) is 5.10 Å². The highest BCUT2D eigenvalue weighted by Crippen LogP contribution is 2.28. The molecule has 8 nitrogen and oxygen atoms in total. The molecule has 2 fully saturated rings. The largest absolute Gasteiger partial charge is 0.390 e. The SMILES string of the molecule is Cc1c(F)ccc(N2CCN(C(=O)Cn3nc(C(=O)N4CC[C@H](O)[C@@H](F)C4)c4c3CCCC4)CC2)c1C. The predicted molar refractivity (Wildman–Crippen MR) is 135 cm³/mol. The van der Waals surface area contributed by atoms with Crippen molar-refractivity contribution in [1.29, 1.82) is 0 Å². The van der Waals surface area contributed by atoms with Gasteiger partial charge >= 0.3 is 0 Å². The number of carbonyl (C=O) groups excluding carboxylic acids is 2. The van der Waals surface area contributed by atoms with Crippen molar-refractivity contribution in [2.75, 3.05) is 44.2 Å². The topological polar surface area (TPSA) is 81.9 Å². The number of hydrogen-bond acceptors (Lipinski definition) is 5. The second kappa shape index (κ2) is 10.4. The minimum absolute atomic E-state index is 0.0496. The Morgan fingerprint density at radius 1 is 1.03 bits per heavy atom. The smallest absolute Gasteiger partial charge is 0.274 e. The number of anilines is 1. The van der Waals surface area contributed by atoms with Crippen LogP contribution in [0, 0.1) is 19.7 Å². The van der Waals surface area contributed by atoms with Crippen molar-refractivity contribution < 1.29 is 23.5 Å². The summed E-state index contributed by atoms with van der Waals surface area (Å²) in [5.41, 5.74) is 4.68. The van der Waals surface area contributed by atoms with E-state index in [-0.39, 0.29) is 43.7 Å². The molecule has 2 atom stereocenters. The normalized spacial score (nSPS) is 22.2. The first kappa shape index (κ1) is 25.6. The average molecular weight is 516 g/mol. The van der Waals surface area contributed by atoms with Gasteiger partial charge in [-0.15, -0.1) is 0 Å². The quantitative estimate of drug-likeness (QED) is 0.677. The van der Waals surface area contributed by atoms with E-state index in [2.05, 4.69) is 10.00 Å². The summed E-state index contributed by atoms with van der Waals surface area (Å²) in [5, 5.41) is 14.3. The molecule has 1 aliphatic carbocycles. The summed E-state index contributed by atoms with van der Waals surface area (Å²) >= 11 is 0. The number of carbonyl (C=O) groups is 2. The summed E-state index contributed by atoms with van der Waals surface area (Å²) in [7, 11) is 0. The molecule has 2 aromatic rings. The van der Waals surface area contributed by atoms with E-state index in [9.17, 15) is 23.5 Å². The van der Waals surface area contributed by atoms with Gasteiger partial charge in [0.05, 0.1) is 12.6 Å². The zero-order chi connectivity index (χ0) is 26.3.